The Bertz CT molecular complexity index is 1170. The van der Waals surface area contributed by atoms with E-state index in [0.29, 0.717) is 36.7 Å². The second-order valence-corrected chi connectivity index (χ2v) is 9.25. The third kappa shape index (κ3) is 6.05. The Kier molecular flexibility index (Phi) is 8.60. The topological polar surface area (TPSA) is 89.5 Å². The quantitative estimate of drug-likeness (QED) is 0.420. The molecule has 192 valence electrons. The van der Waals surface area contributed by atoms with Crippen molar-refractivity contribution in [2.24, 2.45) is 0 Å². The molecule has 1 atom stereocenters. The number of likely N-dealkylation sites (tertiary alicyclic amines) is 1. The van der Waals surface area contributed by atoms with Crippen molar-refractivity contribution in [3.05, 3.63) is 62.9 Å². The zero-order valence-corrected chi connectivity index (χ0v) is 20.7. The number of ether oxygens (including phenoxy) is 2. The molecule has 2 aromatic heterocycles. The molecule has 1 aliphatic heterocycles. The number of amides is 1. The number of nitrogens with zero attached hydrogens (tertiary/aromatic N) is 4. The highest BCUT2D eigenvalue weighted by molar-refractivity contribution is 7.09. The first-order valence-corrected chi connectivity index (χ1v) is 12.3. The van der Waals surface area contributed by atoms with Crippen LogP contribution in [0, 0.1) is 5.82 Å². The van der Waals surface area contributed by atoms with E-state index in [1.807, 2.05) is 4.90 Å². The van der Waals surface area contributed by atoms with E-state index >= 15 is 0 Å². The average molecular weight is 542 g/mol. The molecule has 0 radical (unpaired) electrons. The summed E-state index contributed by atoms with van der Waals surface area (Å²) < 4.78 is 52.5. The number of hydrogen-bond acceptors (Lipinski definition) is 8. The molecule has 36 heavy (non-hydrogen) atoms. The van der Waals surface area contributed by atoms with E-state index in [-0.39, 0.29) is 34.9 Å². The van der Waals surface area contributed by atoms with E-state index in [2.05, 4.69) is 20.3 Å². The molecule has 1 fully saturated rings. The highest BCUT2D eigenvalue weighted by atomic mass is 35.5. The van der Waals surface area contributed by atoms with Crippen molar-refractivity contribution < 1.29 is 27.4 Å². The Balaban J connectivity index is 1.47. The molecule has 4 rings (SSSR count). The van der Waals surface area contributed by atoms with Crippen LogP contribution in [0.25, 0.3) is 0 Å². The van der Waals surface area contributed by atoms with E-state index < -0.39 is 24.2 Å². The average Bonchev–Trinajstić information content (AvgIpc) is 3.35. The summed E-state index contributed by atoms with van der Waals surface area (Å²) in [6.07, 6.45) is -0.264. The molecule has 1 aliphatic rings. The van der Waals surface area contributed by atoms with Crippen molar-refractivity contribution in [2.45, 2.75) is 31.4 Å². The smallest absolute Gasteiger partial charge is 0.319 e. The van der Waals surface area contributed by atoms with Crippen molar-refractivity contribution in [3.63, 3.8) is 0 Å². The second kappa shape index (κ2) is 11.8. The number of carbonyl (C=O) groups is 1. The van der Waals surface area contributed by atoms with Gasteiger partial charge in [-0.25, -0.2) is 23.1 Å². The Morgan fingerprint density at radius 3 is 2.75 bits per heavy atom. The van der Waals surface area contributed by atoms with Gasteiger partial charge in [0.15, 0.2) is 0 Å². The summed E-state index contributed by atoms with van der Waals surface area (Å²) in [4.78, 5) is 27.1. The minimum absolute atomic E-state index is 0.0318. The number of alkyl halides is 2. The molecule has 1 saturated heterocycles. The van der Waals surface area contributed by atoms with Crippen LogP contribution in [0.5, 0.6) is 11.9 Å². The summed E-state index contributed by atoms with van der Waals surface area (Å²) in [7, 11) is 1.50. The van der Waals surface area contributed by atoms with Crippen LogP contribution in [-0.2, 0) is 0 Å². The fourth-order valence-corrected chi connectivity index (χ4v) is 5.19. The molecule has 1 amide bonds. The number of piperidine rings is 1. The van der Waals surface area contributed by atoms with Crippen LogP contribution in [0.2, 0.25) is 5.02 Å². The molecule has 8 nitrogen and oxygen atoms in total. The maximum atomic E-state index is 14.2. The van der Waals surface area contributed by atoms with Crippen LogP contribution in [0.3, 0.4) is 0 Å². The van der Waals surface area contributed by atoms with Crippen LogP contribution in [0.4, 0.5) is 13.2 Å². The zero-order chi connectivity index (χ0) is 25.7. The van der Waals surface area contributed by atoms with Gasteiger partial charge in [-0.3, -0.25) is 9.69 Å². The van der Waals surface area contributed by atoms with Gasteiger partial charge in [0.2, 0.25) is 5.88 Å². The standard InChI is InChI=1S/C23H23ClF3N5O3S/c1-34-17-5-8-28-23(31-17)35-13-6-9-32(10-7-13)16(20-19(21(26)27)30-12-36-20)11-29-22(33)18-14(24)3-2-4-15(18)25/h2-5,8,12-13,16,21H,6-7,9-11H2,1H3,(H,29,33). The number of hydrogen-bond donors (Lipinski definition) is 1. The number of nitrogens with one attached hydrogen (secondary N) is 1. The van der Waals surface area contributed by atoms with Gasteiger partial charge in [0, 0.05) is 31.9 Å². The molecule has 0 bridgehead atoms. The van der Waals surface area contributed by atoms with Gasteiger partial charge in [0.05, 0.1) is 34.1 Å². The van der Waals surface area contributed by atoms with Gasteiger partial charge in [0.1, 0.15) is 17.6 Å². The van der Waals surface area contributed by atoms with E-state index in [0.717, 1.165) is 17.4 Å². The lowest BCUT2D eigenvalue weighted by Crippen LogP contribution is -2.44. The summed E-state index contributed by atoms with van der Waals surface area (Å²) in [5, 5.41) is 2.63. The normalized spacial score (nSPS) is 15.6. The van der Waals surface area contributed by atoms with Crippen LogP contribution in [-0.4, -0.2) is 58.6 Å². The largest absolute Gasteiger partial charge is 0.481 e. The highest BCUT2D eigenvalue weighted by Gasteiger charge is 2.32. The monoisotopic (exact) mass is 541 g/mol. The lowest BCUT2D eigenvalue weighted by Gasteiger charge is -2.37. The third-order valence-corrected chi connectivity index (χ3v) is 7.05. The summed E-state index contributed by atoms with van der Waals surface area (Å²) in [5.41, 5.74) is 0.739. The predicted molar refractivity (Wildman–Crippen MR) is 127 cm³/mol. The van der Waals surface area contributed by atoms with Crippen molar-refractivity contribution >= 4 is 28.8 Å². The van der Waals surface area contributed by atoms with E-state index in [1.165, 1.54) is 30.9 Å². The first-order valence-electron chi connectivity index (χ1n) is 11.1. The Morgan fingerprint density at radius 2 is 2.06 bits per heavy atom. The Hall–Kier alpha value is -2.96. The summed E-state index contributed by atoms with van der Waals surface area (Å²) in [5.74, 6) is -1.10. The van der Waals surface area contributed by atoms with Crippen molar-refractivity contribution in [1.82, 2.24) is 25.2 Å². The number of thiazole rings is 1. The van der Waals surface area contributed by atoms with Crippen LogP contribution < -0.4 is 14.8 Å². The third-order valence-electron chi connectivity index (χ3n) is 5.79. The molecule has 1 unspecified atom stereocenters. The van der Waals surface area contributed by atoms with Crippen molar-refractivity contribution in [2.75, 3.05) is 26.7 Å². The fourth-order valence-electron chi connectivity index (χ4n) is 4.01. The summed E-state index contributed by atoms with van der Waals surface area (Å²) in [6.45, 7) is 0.961. The molecule has 1 N–H and O–H groups in total. The zero-order valence-electron chi connectivity index (χ0n) is 19.2. The van der Waals surface area contributed by atoms with E-state index in [4.69, 9.17) is 21.1 Å². The van der Waals surface area contributed by atoms with E-state index in [1.54, 1.807) is 6.07 Å². The molecule has 0 aliphatic carbocycles. The molecular weight excluding hydrogens is 519 g/mol. The highest BCUT2D eigenvalue weighted by Crippen LogP contribution is 2.34. The molecule has 0 saturated carbocycles. The van der Waals surface area contributed by atoms with Gasteiger partial charge in [-0.1, -0.05) is 17.7 Å². The minimum Gasteiger partial charge on any atom is -0.481 e. The van der Waals surface area contributed by atoms with Crippen LogP contribution in [0.1, 0.15) is 46.2 Å². The van der Waals surface area contributed by atoms with Gasteiger partial charge >= 0.3 is 6.01 Å². The second-order valence-electron chi connectivity index (χ2n) is 7.96. The van der Waals surface area contributed by atoms with Crippen molar-refractivity contribution in [3.8, 4) is 11.9 Å². The summed E-state index contributed by atoms with van der Waals surface area (Å²) in [6, 6.07) is 5.15. The van der Waals surface area contributed by atoms with Gasteiger partial charge in [-0.2, -0.15) is 4.98 Å². The molecule has 0 spiro atoms. The molecule has 13 heteroatoms. The molecule has 3 aromatic rings. The fraction of sp³-hybridized carbons (Fsp3) is 0.391. The maximum Gasteiger partial charge on any atom is 0.319 e. The number of halogens is 4. The van der Waals surface area contributed by atoms with Gasteiger partial charge in [-0.05, 0) is 25.0 Å². The molecular formula is C23H23ClF3N5O3S. The number of aromatic nitrogens is 3. The first kappa shape index (κ1) is 26.1. The van der Waals surface area contributed by atoms with Gasteiger partial charge in [-0.15, -0.1) is 11.3 Å². The van der Waals surface area contributed by atoms with Gasteiger partial charge < -0.3 is 14.8 Å². The van der Waals surface area contributed by atoms with E-state index in [9.17, 15) is 18.0 Å². The SMILES string of the molecule is COc1ccnc(OC2CCN(C(CNC(=O)c3c(F)cccc3Cl)c3scnc3C(F)F)CC2)n1. The van der Waals surface area contributed by atoms with Crippen molar-refractivity contribution in [1.29, 1.82) is 0 Å². The Morgan fingerprint density at radius 1 is 1.28 bits per heavy atom. The molecule has 3 heterocycles. The van der Waals surface area contributed by atoms with Crippen LogP contribution >= 0.6 is 22.9 Å². The summed E-state index contributed by atoms with van der Waals surface area (Å²) >= 11 is 7.10. The Labute approximate surface area is 214 Å². The predicted octanol–water partition coefficient (Wildman–Crippen LogP) is 4.69. The number of carbonyl (C=O) groups excluding carboxylic acids is 1. The number of benzene rings is 1. The maximum absolute atomic E-state index is 14.2. The number of rotatable bonds is 9. The van der Waals surface area contributed by atoms with Crippen LogP contribution in [0.15, 0.2) is 36.0 Å². The number of methoxy groups -OCH3 is 1. The molecule has 1 aromatic carbocycles. The lowest BCUT2D eigenvalue weighted by molar-refractivity contribution is 0.0652. The first-order chi connectivity index (χ1) is 17.4. The minimum atomic E-state index is -2.77. The van der Waals surface area contributed by atoms with Gasteiger partial charge in [0.25, 0.3) is 12.3 Å². The lowest BCUT2D eigenvalue weighted by atomic mass is 10.0.